The SMILES string of the molecule is CCC(C)c1ccc(NC(=O)CN2CCCN(CC(=O)N3CCCC3)CC2)cc1. The van der Waals surface area contributed by atoms with Crippen LogP contribution in [0.25, 0.3) is 0 Å². The quantitative estimate of drug-likeness (QED) is 0.765. The van der Waals surface area contributed by atoms with Gasteiger partial charge in [-0.3, -0.25) is 19.4 Å². The molecule has 6 nitrogen and oxygen atoms in total. The molecule has 1 N–H and O–H groups in total. The monoisotopic (exact) mass is 400 g/mol. The van der Waals surface area contributed by atoms with Gasteiger partial charge in [0, 0.05) is 31.9 Å². The van der Waals surface area contributed by atoms with Crippen LogP contribution in [0, 0.1) is 0 Å². The van der Waals surface area contributed by atoms with Crippen molar-refractivity contribution in [2.75, 3.05) is 57.7 Å². The van der Waals surface area contributed by atoms with E-state index in [1.807, 2.05) is 17.0 Å². The summed E-state index contributed by atoms with van der Waals surface area (Å²) >= 11 is 0. The highest BCUT2D eigenvalue weighted by Gasteiger charge is 2.23. The lowest BCUT2D eigenvalue weighted by atomic mass is 9.99. The molecule has 2 aliphatic heterocycles. The average molecular weight is 401 g/mol. The first-order valence-corrected chi connectivity index (χ1v) is 11.2. The van der Waals surface area contributed by atoms with Gasteiger partial charge in [-0.25, -0.2) is 0 Å². The Balaban J connectivity index is 1.42. The minimum atomic E-state index is 0.0304. The van der Waals surface area contributed by atoms with Crippen molar-refractivity contribution >= 4 is 17.5 Å². The minimum absolute atomic E-state index is 0.0304. The summed E-state index contributed by atoms with van der Waals surface area (Å²) in [5, 5.41) is 3.02. The molecular formula is C23H36N4O2. The van der Waals surface area contributed by atoms with Crippen LogP contribution in [-0.4, -0.2) is 78.9 Å². The maximum absolute atomic E-state index is 12.5. The molecule has 29 heavy (non-hydrogen) atoms. The number of benzene rings is 1. The summed E-state index contributed by atoms with van der Waals surface area (Å²) in [4.78, 5) is 31.3. The average Bonchev–Trinajstić information content (AvgIpc) is 3.18. The molecule has 2 aliphatic rings. The van der Waals surface area contributed by atoms with E-state index in [0.29, 0.717) is 19.0 Å². The Kier molecular flexibility index (Phi) is 8.07. The van der Waals surface area contributed by atoms with Gasteiger partial charge in [0.1, 0.15) is 0 Å². The molecule has 2 saturated heterocycles. The molecule has 1 atom stereocenters. The van der Waals surface area contributed by atoms with Gasteiger partial charge in [0.05, 0.1) is 13.1 Å². The van der Waals surface area contributed by atoms with Crippen molar-refractivity contribution in [3.8, 4) is 0 Å². The van der Waals surface area contributed by atoms with Crippen LogP contribution in [0.5, 0.6) is 0 Å². The minimum Gasteiger partial charge on any atom is -0.342 e. The zero-order valence-electron chi connectivity index (χ0n) is 18.0. The van der Waals surface area contributed by atoms with E-state index >= 15 is 0 Å². The fraction of sp³-hybridized carbons (Fsp3) is 0.652. The third kappa shape index (κ3) is 6.54. The molecule has 1 aromatic rings. The van der Waals surface area contributed by atoms with Crippen molar-refractivity contribution < 1.29 is 9.59 Å². The Hall–Kier alpha value is -1.92. The van der Waals surface area contributed by atoms with Crippen LogP contribution in [0.2, 0.25) is 0 Å². The second-order valence-electron chi connectivity index (χ2n) is 8.47. The summed E-state index contributed by atoms with van der Waals surface area (Å²) in [6.45, 7) is 10.6. The normalized spacial score (nSPS) is 19.7. The summed E-state index contributed by atoms with van der Waals surface area (Å²) in [6, 6.07) is 8.19. The van der Waals surface area contributed by atoms with E-state index < -0.39 is 0 Å². The van der Waals surface area contributed by atoms with Gasteiger partial charge in [0.2, 0.25) is 11.8 Å². The molecule has 1 unspecified atom stereocenters. The van der Waals surface area contributed by atoms with E-state index in [4.69, 9.17) is 0 Å². The molecule has 0 bridgehead atoms. The lowest BCUT2D eigenvalue weighted by molar-refractivity contribution is -0.131. The van der Waals surface area contributed by atoms with Gasteiger partial charge >= 0.3 is 0 Å². The van der Waals surface area contributed by atoms with Crippen molar-refractivity contribution in [3.05, 3.63) is 29.8 Å². The molecule has 2 amide bonds. The van der Waals surface area contributed by atoms with E-state index in [1.54, 1.807) is 0 Å². The molecule has 6 heteroatoms. The van der Waals surface area contributed by atoms with Gasteiger partial charge in [-0.1, -0.05) is 26.0 Å². The van der Waals surface area contributed by atoms with Crippen LogP contribution in [0.4, 0.5) is 5.69 Å². The zero-order valence-corrected chi connectivity index (χ0v) is 18.0. The zero-order chi connectivity index (χ0) is 20.6. The van der Waals surface area contributed by atoms with E-state index in [9.17, 15) is 9.59 Å². The van der Waals surface area contributed by atoms with E-state index in [0.717, 1.165) is 70.6 Å². The maximum atomic E-state index is 12.5. The predicted molar refractivity (Wildman–Crippen MR) is 117 cm³/mol. The van der Waals surface area contributed by atoms with Gasteiger partial charge in [-0.05, 0) is 62.4 Å². The summed E-state index contributed by atoms with van der Waals surface area (Å²) in [7, 11) is 0. The Bertz CT molecular complexity index is 670. The van der Waals surface area contributed by atoms with Crippen molar-refractivity contribution in [2.24, 2.45) is 0 Å². The van der Waals surface area contributed by atoms with Crippen LogP contribution >= 0.6 is 0 Å². The molecule has 2 heterocycles. The molecule has 1 aromatic carbocycles. The number of anilines is 1. The molecule has 2 fully saturated rings. The Labute approximate surface area is 175 Å². The van der Waals surface area contributed by atoms with E-state index in [1.165, 1.54) is 5.56 Å². The number of hydrogen-bond donors (Lipinski definition) is 1. The molecule has 0 saturated carbocycles. The lowest BCUT2D eigenvalue weighted by Crippen LogP contribution is -2.41. The molecule has 0 aliphatic carbocycles. The number of carbonyl (C=O) groups is 2. The summed E-state index contributed by atoms with van der Waals surface area (Å²) in [5.41, 5.74) is 2.16. The van der Waals surface area contributed by atoms with Crippen molar-refractivity contribution in [2.45, 2.75) is 45.4 Å². The first-order chi connectivity index (χ1) is 14.0. The Morgan fingerprint density at radius 3 is 2.14 bits per heavy atom. The molecule has 0 spiro atoms. The summed E-state index contributed by atoms with van der Waals surface area (Å²) in [6.07, 6.45) is 4.37. The maximum Gasteiger partial charge on any atom is 0.238 e. The fourth-order valence-electron chi connectivity index (χ4n) is 4.13. The van der Waals surface area contributed by atoms with Crippen LogP contribution in [0.3, 0.4) is 0 Å². The van der Waals surface area contributed by atoms with Crippen LogP contribution in [-0.2, 0) is 9.59 Å². The van der Waals surface area contributed by atoms with Crippen LogP contribution in [0.1, 0.15) is 51.0 Å². The van der Waals surface area contributed by atoms with Crippen LogP contribution in [0.15, 0.2) is 24.3 Å². The van der Waals surface area contributed by atoms with Gasteiger partial charge in [0.15, 0.2) is 0 Å². The Morgan fingerprint density at radius 2 is 1.52 bits per heavy atom. The standard InChI is InChI=1S/C23H36N4O2/c1-3-19(2)20-7-9-21(10-8-20)24-22(28)17-25-11-6-12-26(16-15-25)18-23(29)27-13-4-5-14-27/h7-10,19H,3-6,11-18H2,1-2H3,(H,24,28). The fourth-order valence-corrected chi connectivity index (χ4v) is 4.13. The largest absolute Gasteiger partial charge is 0.342 e. The van der Waals surface area contributed by atoms with Gasteiger partial charge in [-0.2, -0.15) is 0 Å². The van der Waals surface area contributed by atoms with Gasteiger partial charge < -0.3 is 10.2 Å². The number of carbonyl (C=O) groups excluding carboxylic acids is 2. The first-order valence-electron chi connectivity index (χ1n) is 11.2. The number of rotatable bonds is 7. The van der Waals surface area contributed by atoms with Crippen molar-refractivity contribution in [3.63, 3.8) is 0 Å². The number of nitrogens with zero attached hydrogens (tertiary/aromatic N) is 3. The second-order valence-corrected chi connectivity index (χ2v) is 8.47. The predicted octanol–water partition coefficient (Wildman–Crippen LogP) is 2.77. The van der Waals surface area contributed by atoms with Crippen molar-refractivity contribution in [1.29, 1.82) is 0 Å². The van der Waals surface area contributed by atoms with E-state index in [2.05, 4.69) is 41.1 Å². The summed E-state index contributed by atoms with van der Waals surface area (Å²) in [5.74, 6) is 0.828. The molecule has 3 rings (SSSR count). The number of hydrogen-bond acceptors (Lipinski definition) is 4. The van der Waals surface area contributed by atoms with Crippen molar-refractivity contribution in [1.82, 2.24) is 14.7 Å². The van der Waals surface area contributed by atoms with E-state index in [-0.39, 0.29) is 11.8 Å². The summed E-state index contributed by atoms with van der Waals surface area (Å²) < 4.78 is 0. The highest BCUT2D eigenvalue weighted by atomic mass is 16.2. The molecule has 0 aromatic heterocycles. The van der Waals surface area contributed by atoms with Crippen LogP contribution < -0.4 is 5.32 Å². The third-order valence-corrected chi connectivity index (χ3v) is 6.24. The number of likely N-dealkylation sites (tertiary alicyclic amines) is 1. The second kappa shape index (κ2) is 10.7. The van der Waals surface area contributed by atoms with Gasteiger partial charge in [-0.15, -0.1) is 0 Å². The number of amides is 2. The smallest absolute Gasteiger partial charge is 0.238 e. The first kappa shape index (κ1) is 21.8. The third-order valence-electron chi connectivity index (χ3n) is 6.24. The molecule has 160 valence electrons. The molecule has 0 radical (unpaired) electrons. The van der Waals surface area contributed by atoms with Gasteiger partial charge in [0.25, 0.3) is 0 Å². The highest BCUT2D eigenvalue weighted by molar-refractivity contribution is 5.92. The highest BCUT2D eigenvalue weighted by Crippen LogP contribution is 2.20. The number of nitrogens with one attached hydrogen (secondary N) is 1. The molecular weight excluding hydrogens is 364 g/mol. The lowest BCUT2D eigenvalue weighted by Gasteiger charge is -2.23. The topological polar surface area (TPSA) is 55.9 Å². The Morgan fingerprint density at radius 1 is 0.897 bits per heavy atom.